The van der Waals surface area contributed by atoms with Crippen LogP contribution in [0.15, 0.2) is 0 Å². The van der Waals surface area contributed by atoms with Crippen LogP contribution < -0.4 is 0 Å². The number of hydrogen-bond donors (Lipinski definition) is 0. The van der Waals surface area contributed by atoms with Crippen LogP contribution in [-0.4, -0.2) is 85.3 Å². The Morgan fingerprint density at radius 1 is 0.769 bits per heavy atom. The summed E-state index contributed by atoms with van der Waals surface area (Å²) < 4.78 is 12.4. The number of rotatable bonds is 2. The molecular formula is H18O2SSi10. The first-order valence-electron chi connectivity index (χ1n) is 5.34. The third-order valence-electron chi connectivity index (χ3n) is 2.58. The van der Waals surface area contributed by atoms with Gasteiger partial charge in [0.25, 0.3) is 0 Å². The molecular weight excluding hydrogens is 345 g/mol. The van der Waals surface area contributed by atoms with Crippen LogP contribution in [0, 0.1) is 0 Å². The Kier molecular flexibility index (Phi) is 6.32. The van der Waals surface area contributed by atoms with E-state index in [1.807, 2.05) is 0 Å². The summed E-state index contributed by atoms with van der Waals surface area (Å²) in [6, 6.07) is 0. The molecule has 0 aromatic rings. The maximum absolute atomic E-state index is 6.20. The van der Waals surface area contributed by atoms with Crippen LogP contribution in [0.1, 0.15) is 0 Å². The quantitative estimate of drug-likeness (QED) is 0.455. The van der Waals surface area contributed by atoms with Crippen molar-refractivity contribution >= 4 is 96.0 Å². The summed E-state index contributed by atoms with van der Waals surface area (Å²) in [5.41, 5.74) is 0. The van der Waals surface area contributed by atoms with Gasteiger partial charge in [-0.1, -0.05) is 0 Å². The van der Waals surface area contributed by atoms with Crippen molar-refractivity contribution in [2.24, 2.45) is 0 Å². The molecule has 0 aromatic carbocycles. The standard InChI is InChI=1S/H18O2SSi10/c1-4-6-8-10-12(1)3-13-2-5-7-9-11-13/h12-13H,4-11H2. The highest BCUT2D eigenvalue weighted by Crippen LogP contribution is 2.13. The molecule has 2 unspecified atom stereocenters. The molecule has 2 saturated heterocycles. The van der Waals surface area contributed by atoms with E-state index >= 15 is 0 Å². The third kappa shape index (κ3) is 4.44. The zero-order valence-corrected chi connectivity index (χ0v) is 22.5. The van der Waals surface area contributed by atoms with E-state index in [1.54, 1.807) is 0 Å². The minimum Gasteiger partial charge on any atom is -0.462 e. The second kappa shape index (κ2) is 6.90. The molecule has 13 heavy (non-hydrogen) atoms. The highest BCUT2D eigenvalue weighted by atomic mass is 32.5. The van der Waals surface area contributed by atoms with Crippen molar-refractivity contribution in [2.75, 3.05) is 0 Å². The second-order valence-electron chi connectivity index (χ2n) is 3.73. The molecule has 2 rings (SSSR count). The van der Waals surface area contributed by atoms with Gasteiger partial charge in [-0.05, 0) is 17.1 Å². The van der Waals surface area contributed by atoms with E-state index in [2.05, 4.69) is 10.7 Å². The fourth-order valence-electron chi connectivity index (χ4n) is 1.81. The molecule has 13 heteroatoms. The molecule has 2 atom stereocenters. The molecule has 76 valence electrons. The van der Waals surface area contributed by atoms with Crippen LogP contribution in [-0.2, 0) is 8.23 Å². The molecule has 0 amide bonds. The predicted molar refractivity (Wildman–Crippen MR) is 92.4 cm³/mol. The summed E-state index contributed by atoms with van der Waals surface area (Å²) in [6.07, 6.45) is 0. The van der Waals surface area contributed by atoms with Gasteiger partial charge in [-0.2, -0.15) is 10.7 Å². The Bertz CT molecular complexity index is 124. The third-order valence-corrected chi connectivity index (χ3v) is 142. The Morgan fingerprint density at radius 2 is 1.31 bits per heavy atom. The Morgan fingerprint density at radius 3 is 1.69 bits per heavy atom. The fourth-order valence-corrected chi connectivity index (χ4v) is 252. The molecule has 0 spiro atoms. The smallest absolute Gasteiger partial charge is 0.195 e. The van der Waals surface area contributed by atoms with Gasteiger partial charge in [-0.15, -0.1) is 0 Å². The van der Waals surface area contributed by atoms with Crippen molar-refractivity contribution in [3.05, 3.63) is 0 Å². The predicted octanol–water partition coefficient (Wildman–Crippen LogP) is -8.12. The summed E-state index contributed by atoms with van der Waals surface area (Å²) >= 11 is 0. The molecule has 0 N–H and O–H groups in total. The Labute approximate surface area is 103 Å². The second-order valence-corrected chi connectivity index (χ2v) is 77.9. The van der Waals surface area contributed by atoms with Crippen molar-refractivity contribution in [3.8, 4) is 0 Å². The normalized spacial score (nSPS) is 50.8. The lowest BCUT2D eigenvalue weighted by atomic mass is 15.8. The Balaban J connectivity index is 1.69. The maximum atomic E-state index is 6.20. The minimum absolute atomic E-state index is 0.204. The van der Waals surface area contributed by atoms with Crippen molar-refractivity contribution in [1.82, 2.24) is 0 Å². The lowest BCUT2D eigenvalue weighted by Crippen LogP contribution is -2.48. The molecule has 0 bridgehead atoms. The monoisotopic (exact) mass is 362 g/mol. The number of hydrogen-bond acceptors (Lipinski definition) is 3. The first-order valence-corrected chi connectivity index (χ1v) is 41.7. The topological polar surface area (TPSA) is 18.5 Å². The van der Waals surface area contributed by atoms with Gasteiger partial charge in [0.15, 0.2) is 15.4 Å². The maximum Gasteiger partial charge on any atom is 0.195 e. The van der Waals surface area contributed by atoms with Gasteiger partial charge in [0.05, 0.1) is 0 Å². The van der Waals surface area contributed by atoms with Crippen LogP contribution in [0.2, 0.25) is 0 Å². The van der Waals surface area contributed by atoms with E-state index in [0.717, 1.165) is 0 Å². The van der Waals surface area contributed by atoms with E-state index < -0.39 is 15.4 Å². The first kappa shape index (κ1) is 11.9. The summed E-state index contributed by atoms with van der Waals surface area (Å²) in [6.45, 7) is 0. The van der Waals surface area contributed by atoms with Gasteiger partial charge in [0.1, 0.15) is 18.6 Å². The molecule has 0 radical (unpaired) electrons. The molecule has 0 saturated carbocycles. The minimum atomic E-state index is -0.454. The van der Waals surface area contributed by atoms with Gasteiger partial charge < -0.3 is 8.23 Å². The lowest BCUT2D eigenvalue weighted by Gasteiger charge is -2.26. The van der Waals surface area contributed by atoms with E-state index in [-0.39, 0.29) is 18.6 Å². The summed E-state index contributed by atoms with van der Waals surface area (Å²) in [4.78, 5) is 0. The van der Waals surface area contributed by atoms with Gasteiger partial charge in [-0.3, -0.25) is 0 Å². The van der Waals surface area contributed by atoms with Crippen molar-refractivity contribution in [1.29, 1.82) is 0 Å². The average Bonchev–Trinajstić information content (AvgIpc) is 2.21. The molecule has 2 fully saturated rings. The SMILES string of the molecule is O1[SiH2][SiH2][SiH2][SiH2][SiH]1S[SiH]1O[SiH2][SiH2][SiH2][SiH2]1. The van der Waals surface area contributed by atoms with Crippen LogP contribution in [0.4, 0.5) is 0 Å². The first-order chi connectivity index (χ1) is 6.45. The molecule has 0 aliphatic carbocycles. The van der Waals surface area contributed by atoms with Crippen LogP contribution in [0.3, 0.4) is 0 Å². The fraction of sp³-hybridized carbons (Fsp3) is 0. The van der Waals surface area contributed by atoms with Crippen LogP contribution in [0.5, 0.6) is 0 Å². The molecule has 2 nitrogen and oxygen atoms in total. The van der Waals surface area contributed by atoms with Gasteiger partial charge >= 0.3 is 0 Å². The highest BCUT2D eigenvalue weighted by Gasteiger charge is 2.25. The van der Waals surface area contributed by atoms with E-state index in [4.69, 9.17) is 8.23 Å². The average molecular weight is 363 g/mol. The highest BCUT2D eigenvalue weighted by molar-refractivity contribution is 8.51. The zero-order chi connectivity index (χ0) is 8.93. The van der Waals surface area contributed by atoms with E-state index in [0.29, 0.717) is 51.3 Å². The van der Waals surface area contributed by atoms with Gasteiger partial charge in [0.2, 0.25) is 0 Å². The van der Waals surface area contributed by atoms with Crippen LogP contribution in [0.25, 0.3) is 0 Å². The largest absolute Gasteiger partial charge is 0.462 e. The molecule has 2 heterocycles. The molecule has 2 aliphatic heterocycles. The van der Waals surface area contributed by atoms with Gasteiger partial charge in [0, 0.05) is 34.2 Å². The lowest BCUT2D eigenvalue weighted by molar-refractivity contribution is 0.663. The van der Waals surface area contributed by atoms with Crippen LogP contribution >= 0.6 is 10.7 Å². The molecule has 2 aliphatic rings. The van der Waals surface area contributed by atoms with E-state index in [9.17, 15) is 0 Å². The molecule has 0 aromatic heterocycles. The summed E-state index contributed by atoms with van der Waals surface area (Å²) in [5.74, 6) is 0. The van der Waals surface area contributed by atoms with Crippen molar-refractivity contribution in [2.45, 2.75) is 0 Å². The Hall–Kier alpha value is 2.44. The van der Waals surface area contributed by atoms with Crippen molar-refractivity contribution < 1.29 is 8.23 Å². The summed E-state index contributed by atoms with van der Waals surface area (Å²) in [7, 11) is 5.55. The van der Waals surface area contributed by atoms with E-state index in [1.165, 1.54) is 0 Å². The van der Waals surface area contributed by atoms with Gasteiger partial charge in [-0.25, -0.2) is 0 Å². The summed E-state index contributed by atoms with van der Waals surface area (Å²) in [5, 5.41) is 0. The zero-order valence-electron chi connectivity index (χ0n) is 8.04. The van der Waals surface area contributed by atoms with Crippen molar-refractivity contribution in [3.63, 3.8) is 0 Å².